The third kappa shape index (κ3) is 5.64. The number of hydrogen-bond donors (Lipinski definition) is 2. The number of aliphatic imine (C=N–C) groups is 1. The number of nitrogens with zero attached hydrogens (tertiary/aromatic N) is 7. The molecule has 0 aliphatic carbocycles. The zero-order valence-corrected chi connectivity index (χ0v) is 21.4. The zero-order valence-electron chi connectivity index (χ0n) is 19.1. The predicted molar refractivity (Wildman–Crippen MR) is 135 cm³/mol. The van der Waals surface area contributed by atoms with Gasteiger partial charge in [0, 0.05) is 25.9 Å². The number of rotatable bonds is 6. The third-order valence-corrected chi connectivity index (χ3v) is 5.77. The summed E-state index contributed by atoms with van der Waals surface area (Å²) in [6.07, 6.45) is 2.76. The van der Waals surface area contributed by atoms with Crippen molar-refractivity contribution in [1.29, 1.82) is 0 Å². The summed E-state index contributed by atoms with van der Waals surface area (Å²) >= 11 is 0. The third-order valence-electron chi connectivity index (χ3n) is 5.77. The standard InChI is InChI=1S/C22H31N9.HI/c1-5-19-26-20-12-11-18(14-31(20)29-19)25-22(23-13-21-28-27-16(3)30(21)4)24-15(2)17-9-7-6-8-10-17;/h6-10,15,18H,5,11-14H2,1-4H3,(H2,23,24,25);1H. The van der Waals surface area contributed by atoms with Gasteiger partial charge in [0.2, 0.25) is 0 Å². The molecule has 0 spiro atoms. The fourth-order valence-corrected chi connectivity index (χ4v) is 3.72. The molecule has 0 amide bonds. The van der Waals surface area contributed by atoms with Crippen LogP contribution in [0.4, 0.5) is 0 Å². The monoisotopic (exact) mass is 549 g/mol. The molecular weight excluding hydrogens is 517 g/mol. The summed E-state index contributed by atoms with van der Waals surface area (Å²) in [6, 6.07) is 10.7. The van der Waals surface area contributed by atoms with Crippen molar-refractivity contribution in [3.63, 3.8) is 0 Å². The molecule has 0 saturated carbocycles. The maximum atomic E-state index is 4.83. The van der Waals surface area contributed by atoms with Crippen LogP contribution in [0.2, 0.25) is 0 Å². The van der Waals surface area contributed by atoms with Crippen molar-refractivity contribution < 1.29 is 0 Å². The first-order valence-electron chi connectivity index (χ1n) is 10.9. The zero-order chi connectivity index (χ0) is 21.8. The SMILES string of the molecule is CCc1nc2n(n1)CC(NC(=NCc1nnc(C)n1C)NC(C)c1ccccc1)CC2.I. The highest BCUT2D eigenvalue weighted by atomic mass is 127. The van der Waals surface area contributed by atoms with Crippen molar-refractivity contribution in [1.82, 2.24) is 40.2 Å². The Labute approximate surface area is 206 Å². The Morgan fingerprint density at radius 1 is 1.25 bits per heavy atom. The van der Waals surface area contributed by atoms with E-state index in [1.807, 2.05) is 29.3 Å². The topological polar surface area (TPSA) is 97.8 Å². The second-order valence-electron chi connectivity index (χ2n) is 8.02. The van der Waals surface area contributed by atoms with E-state index in [-0.39, 0.29) is 36.1 Å². The van der Waals surface area contributed by atoms with Crippen molar-refractivity contribution in [3.05, 3.63) is 59.2 Å². The fourth-order valence-electron chi connectivity index (χ4n) is 3.72. The first-order valence-corrected chi connectivity index (χ1v) is 10.9. The Balaban J connectivity index is 0.00000289. The Morgan fingerprint density at radius 3 is 2.72 bits per heavy atom. The van der Waals surface area contributed by atoms with Crippen molar-refractivity contribution in [2.75, 3.05) is 0 Å². The number of guanidine groups is 1. The molecule has 4 rings (SSSR count). The van der Waals surface area contributed by atoms with Gasteiger partial charge in [-0.1, -0.05) is 37.3 Å². The molecule has 2 atom stereocenters. The molecule has 3 aromatic rings. The van der Waals surface area contributed by atoms with Gasteiger partial charge in [-0.05, 0) is 25.8 Å². The van der Waals surface area contributed by atoms with Gasteiger partial charge in [-0.2, -0.15) is 5.10 Å². The Hall–Kier alpha value is -2.50. The van der Waals surface area contributed by atoms with Crippen LogP contribution in [-0.4, -0.2) is 41.5 Å². The first-order chi connectivity index (χ1) is 15.0. The molecule has 1 aliphatic rings. The number of aryl methyl sites for hydroxylation is 3. The summed E-state index contributed by atoms with van der Waals surface area (Å²) in [6.45, 7) is 7.41. The van der Waals surface area contributed by atoms with Crippen molar-refractivity contribution in [2.24, 2.45) is 12.0 Å². The highest BCUT2D eigenvalue weighted by molar-refractivity contribution is 14.0. The number of halogens is 1. The second kappa shape index (κ2) is 10.9. The van der Waals surface area contributed by atoms with E-state index in [0.717, 1.165) is 55.1 Å². The minimum Gasteiger partial charge on any atom is -0.352 e. The van der Waals surface area contributed by atoms with Gasteiger partial charge in [-0.3, -0.25) is 0 Å². The summed E-state index contributed by atoms with van der Waals surface area (Å²) in [5, 5.41) is 20.2. The average Bonchev–Trinajstić information content (AvgIpc) is 3.35. The molecular formula is C22H32IN9. The molecule has 3 heterocycles. The van der Waals surface area contributed by atoms with Gasteiger partial charge in [0.1, 0.15) is 18.2 Å². The maximum absolute atomic E-state index is 4.83. The molecule has 10 heteroatoms. The second-order valence-corrected chi connectivity index (χ2v) is 8.02. The fraction of sp³-hybridized carbons (Fsp3) is 0.500. The van der Waals surface area contributed by atoms with E-state index in [2.05, 4.69) is 69.0 Å². The largest absolute Gasteiger partial charge is 0.352 e. The molecule has 9 nitrogen and oxygen atoms in total. The molecule has 2 unspecified atom stereocenters. The van der Waals surface area contributed by atoms with Crippen LogP contribution in [0.25, 0.3) is 0 Å². The molecule has 1 aliphatic heterocycles. The summed E-state index contributed by atoms with van der Waals surface area (Å²) in [4.78, 5) is 9.45. The van der Waals surface area contributed by atoms with Crippen LogP contribution >= 0.6 is 24.0 Å². The average molecular weight is 549 g/mol. The number of fused-ring (bicyclic) bond motifs is 1. The maximum Gasteiger partial charge on any atom is 0.192 e. The van der Waals surface area contributed by atoms with E-state index in [4.69, 9.17) is 4.99 Å². The highest BCUT2D eigenvalue weighted by Gasteiger charge is 2.23. The van der Waals surface area contributed by atoms with Gasteiger partial charge in [0.05, 0.1) is 12.6 Å². The van der Waals surface area contributed by atoms with Crippen LogP contribution in [-0.2, 0) is 33.0 Å². The van der Waals surface area contributed by atoms with E-state index in [9.17, 15) is 0 Å². The summed E-state index contributed by atoms with van der Waals surface area (Å²) in [7, 11) is 1.96. The van der Waals surface area contributed by atoms with Crippen molar-refractivity contribution in [3.8, 4) is 0 Å². The number of nitrogens with one attached hydrogen (secondary N) is 2. The molecule has 2 aromatic heterocycles. The minimum atomic E-state index is 0. The normalized spacial score (nSPS) is 16.8. The van der Waals surface area contributed by atoms with Gasteiger partial charge in [0.15, 0.2) is 17.6 Å². The van der Waals surface area contributed by atoms with E-state index >= 15 is 0 Å². The van der Waals surface area contributed by atoms with Crippen molar-refractivity contribution >= 4 is 29.9 Å². The van der Waals surface area contributed by atoms with Crippen LogP contribution in [0.5, 0.6) is 0 Å². The molecule has 0 radical (unpaired) electrons. The molecule has 0 saturated heterocycles. The molecule has 0 fully saturated rings. The number of benzene rings is 1. The lowest BCUT2D eigenvalue weighted by Gasteiger charge is -2.27. The molecule has 2 N–H and O–H groups in total. The van der Waals surface area contributed by atoms with Crippen LogP contribution in [0.1, 0.15) is 55.2 Å². The van der Waals surface area contributed by atoms with Crippen molar-refractivity contribution in [2.45, 2.75) is 65.2 Å². The number of hydrogen-bond acceptors (Lipinski definition) is 5. The smallest absolute Gasteiger partial charge is 0.192 e. The summed E-state index contributed by atoms with van der Waals surface area (Å²) in [5.74, 6) is 4.47. The lowest BCUT2D eigenvalue weighted by Crippen LogP contribution is -2.47. The van der Waals surface area contributed by atoms with Gasteiger partial charge >= 0.3 is 0 Å². The predicted octanol–water partition coefficient (Wildman–Crippen LogP) is 2.71. The van der Waals surface area contributed by atoms with Gasteiger partial charge in [-0.15, -0.1) is 34.2 Å². The first kappa shape index (κ1) is 24.1. The lowest BCUT2D eigenvalue weighted by atomic mass is 10.1. The van der Waals surface area contributed by atoms with E-state index in [1.54, 1.807) is 0 Å². The molecule has 1 aromatic carbocycles. The minimum absolute atomic E-state index is 0. The molecule has 172 valence electrons. The van der Waals surface area contributed by atoms with Gasteiger partial charge < -0.3 is 15.2 Å². The molecule has 0 bridgehead atoms. The quantitative estimate of drug-likeness (QED) is 0.279. The van der Waals surface area contributed by atoms with Crippen LogP contribution < -0.4 is 10.6 Å². The van der Waals surface area contributed by atoms with Gasteiger partial charge in [-0.25, -0.2) is 14.7 Å². The number of aromatic nitrogens is 6. The van der Waals surface area contributed by atoms with E-state index < -0.39 is 0 Å². The van der Waals surface area contributed by atoms with Gasteiger partial charge in [0.25, 0.3) is 0 Å². The van der Waals surface area contributed by atoms with E-state index in [0.29, 0.717) is 6.54 Å². The van der Waals surface area contributed by atoms with Crippen LogP contribution in [0.15, 0.2) is 35.3 Å². The lowest BCUT2D eigenvalue weighted by molar-refractivity contribution is 0.390. The summed E-state index contributed by atoms with van der Waals surface area (Å²) in [5.41, 5.74) is 1.21. The Bertz CT molecular complexity index is 1040. The summed E-state index contributed by atoms with van der Waals surface area (Å²) < 4.78 is 4.00. The highest BCUT2D eigenvalue weighted by Crippen LogP contribution is 2.15. The van der Waals surface area contributed by atoms with E-state index in [1.165, 1.54) is 5.56 Å². The van der Waals surface area contributed by atoms with Crippen LogP contribution in [0, 0.1) is 6.92 Å². The van der Waals surface area contributed by atoms with Crippen LogP contribution in [0.3, 0.4) is 0 Å². The Morgan fingerprint density at radius 2 is 2.03 bits per heavy atom. The molecule has 32 heavy (non-hydrogen) atoms. The Kier molecular flexibility index (Phi) is 8.21.